The zero-order valence-corrected chi connectivity index (χ0v) is 17.8. The van der Waals surface area contributed by atoms with Crippen LogP contribution in [0.4, 0.5) is 4.79 Å². The molecule has 2 aliphatic rings. The Morgan fingerprint density at radius 2 is 2.00 bits per heavy atom. The molecule has 4 rings (SSSR count). The van der Waals surface area contributed by atoms with Gasteiger partial charge in [0, 0.05) is 10.1 Å². The summed E-state index contributed by atoms with van der Waals surface area (Å²) in [5, 5.41) is 4.38. The Bertz CT molecular complexity index is 1040. The number of nitrogens with zero attached hydrogens (tertiary/aromatic N) is 1. The number of amides is 4. The number of halogens is 1. The average molecular weight is 450 g/mol. The largest absolute Gasteiger partial charge is 0.451 e. The number of imide groups is 1. The summed E-state index contributed by atoms with van der Waals surface area (Å²) >= 11 is 7.40. The van der Waals surface area contributed by atoms with Crippen LogP contribution >= 0.6 is 22.9 Å². The van der Waals surface area contributed by atoms with E-state index in [0.717, 1.165) is 22.9 Å². The number of hydrogen-bond donors (Lipinski definition) is 2. The van der Waals surface area contributed by atoms with Gasteiger partial charge in [0.2, 0.25) is 0 Å². The minimum absolute atomic E-state index is 0.191. The van der Waals surface area contributed by atoms with Gasteiger partial charge in [-0.25, -0.2) is 9.59 Å². The van der Waals surface area contributed by atoms with E-state index < -0.39 is 36.0 Å². The van der Waals surface area contributed by atoms with E-state index in [1.807, 2.05) is 12.1 Å². The SMILES string of the molecule is CC1CCC2(CC1)NC(=O)N(NC(=O)COC(=O)c1sc3ccccc3c1Cl)C2=O. The first kappa shape index (κ1) is 20.6. The summed E-state index contributed by atoms with van der Waals surface area (Å²) in [5.74, 6) is -1.52. The molecule has 1 aliphatic heterocycles. The van der Waals surface area contributed by atoms with Crippen LogP contribution in [0.3, 0.4) is 0 Å². The summed E-state index contributed by atoms with van der Waals surface area (Å²) < 4.78 is 5.86. The minimum Gasteiger partial charge on any atom is -0.451 e. The number of esters is 1. The fourth-order valence-corrected chi connectivity index (χ4v) is 5.22. The van der Waals surface area contributed by atoms with Crippen molar-refractivity contribution in [3.63, 3.8) is 0 Å². The van der Waals surface area contributed by atoms with Gasteiger partial charge in [0.25, 0.3) is 11.8 Å². The van der Waals surface area contributed by atoms with Gasteiger partial charge in [-0.1, -0.05) is 36.7 Å². The first-order chi connectivity index (χ1) is 14.3. The molecule has 1 aliphatic carbocycles. The van der Waals surface area contributed by atoms with Gasteiger partial charge in [0.15, 0.2) is 6.61 Å². The molecule has 2 aromatic rings. The van der Waals surface area contributed by atoms with Crippen molar-refractivity contribution in [2.24, 2.45) is 5.92 Å². The second kappa shape index (κ2) is 7.88. The van der Waals surface area contributed by atoms with Crippen LogP contribution in [0.2, 0.25) is 5.02 Å². The summed E-state index contributed by atoms with van der Waals surface area (Å²) in [6.45, 7) is 1.45. The smallest absolute Gasteiger partial charge is 0.350 e. The monoisotopic (exact) mass is 449 g/mol. The van der Waals surface area contributed by atoms with Gasteiger partial charge in [-0.15, -0.1) is 11.3 Å². The van der Waals surface area contributed by atoms with Crippen LogP contribution in [-0.2, 0) is 14.3 Å². The second-order valence-electron chi connectivity index (χ2n) is 7.69. The Morgan fingerprint density at radius 1 is 1.30 bits per heavy atom. The van der Waals surface area contributed by atoms with E-state index >= 15 is 0 Å². The van der Waals surface area contributed by atoms with Crippen LogP contribution in [0.5, 0.6) is 0 Å². The summed E-state index contributed by atoms with van der Waals surface area (Å²) in [5.41, 5.74) is 1.28. The van der Waals surface area contributed by atoms with Gasteiger partial charge in [0.05, 0.1) is 5.02 Å². The van der Waals surface area contributed by atoms with Crippen LogP contribution in [0.1, 0.15) is 42.3 Å². The lowest BCUT2D eigenvalue weighted by Crippen LogP contribution is -2.52. The van der Waals surface area contributed by atoms with Gasteiger partial charge in [-0.3, -0.25) is 15.0 Å². The number of fused-ring (bicyclic) bond motifs is 1. The molecular weight excluding hydrogens is 430 g/mol. The number of benzene rings is 1. The molecule has 30 heavy (non-hydrogen) atoms. The van der Waals surface area contributed by atoms with E-state index in [1.165, 1.54) is 11.3 Å². The van der Waals surface area contributed by atoms with E-state index in [4.69, 9.17) is 16.3 Å². The maximum atomic E-state index is 12.7. The normalized spacial score (nSPS) is 23.7. The number of carbonyl (C=O) groups excluding carboxylic acids is 4. The van der Waals surface area contributed by atoms with Crippen molar-refractivity contribution in [2.45, 2.75) is 38.1 Å². The van der Waals surface area contributed by atoms with Gasteiger partial charge in [-0.2, -0.15) is 5.01 Å². The van der Waals surface area contributed by atoms with E-state index in [-0.39, 0.29) is 9.90 Å². The quantitative estimate of drug-likeness (QED) is 0.550. The standard InChI is InChI=1S/C20H20ClN3O5S/c1-11-6-8-20(9-7-11)18(27)24(19(28)22-20)23-14(25)10-29-17(26)16-15(21)12-4-2-3-5-13(12)30-16/h2-5,11H,6-10H2,1H3,(H,22,28)(H,23,25). The van der Waals surface area contributed by atoms with Crippen molar-refractivity contribution in [1.29, 1.82) is 0 Å². The highest BCUT2D eigenvalue weighted by Gasteiger charge is 2.52. The van der Waals surface area contributed by atoms with Crippen LogP contribution in [0.25, 0.3) is 10.1 Å². The summed E-state index contributed by atoms with van der Waals surface area (Å²) in [7, 11) is 0. The molecular formula is C20H20ClN3O5S. The molecule has 1 spiro atoms. The molecule has 1 aromatic carbocycles. The Morgan fingerprint density at radius 3 is 2.70 bits per heavy atom. The molecule has 0 bridgehead atoms. The number of thiophene rings is 1. The van der Waals surface area contributed by atoms with Crippen LogP contribution in [0.15, 0.2) is 24.3 Å². The zero-order chi connectivity index (χ0) is 21.5. The molecule has 2 fully saturated rings. The van der Waals surface area contributed by atoms with Crippen molar-refractivity contribution >= 4 is 56.8 Å². The molecule has 0 atom stereocenters. The third kappa shape index (κ3) is 3.63. The van der Waals surface area contributed by atoms with Crippen molar-refractivity contribution in [2.75, 3.05) is 6.61 Å². The van der Waals surface area contributed by atoms with E-state index in [0.29, 0.717) is 23.8 Å². The first-order valence-corrected chi connectivity index (χ1v) is 10.8. The highest BCUT2D eigenvalue weighted by Crippen LogP contribution is 2.36. The Balaban J connectivity index is 1.36. The molecule has 8 nitrogen and oxygen atoms in total. The molecule has 4 amide bonds. The van der Waals surface area contributed by atoms with Crippen LogP contribution in [-0.4, -0.2) is 41.0 Å². The van der Waals surface area contributed by atoms with Crippen LogP contribution < -0.4 is 10.7 Å². The topological polar surface area (TPSA) is 105 Å². The fraction of sp³-hybridized carbons (Fsp3) is 0.400. The molecule has 1 saturated carbocycles. The van der Waals surface area contributed by atoms with Gasteiger partial charge in [-0.05, 0) is 37.7 Å². The molecule has 1 saturated heterocycles. The third-order valence-electron chi connectivity index (χ3n) is 5.58. The number of urea groups is 1. The summed E-state index contributed by atoms with van der Waals surface area (Å²) in [6, 6.07) is 6.57. The van der Waals surface area contributed by atoms with Gasteiger partial charge in [0.1, 0.15) is 10.4 Å². The molecule has 10 heteroatoms. The Hall–Kier alpha value is -2.65. The highest BCUT2D eigenvalue weighted by molar-refractivity contribution is 7.21. The lowest BCUT2D eigenvalue weighted by atomic mass is 9.77. The van der Waals surface area contributed by atoms with Crippen molar-refractivity contribution in [3.05, 3.63) is 34.2 Å². The zero-order valence-electron chi connectivity index (χ0n) is 16.2. The van der Waals surface area contributed by atoms with E-state index in [9.17, 15) is 19.2 Å². The Kier molecular flexibility index (Phi) is 5.42. The molecule has 0 radical (unpaired) electrons. The maximum Gasteiger partial charge on any atom is 0.350 e. The lowest BCUT2D eigenvalue weighted by Gasteiger charge is -2.33. The minimum atomic E-state index is -0.960. The van der Waals surface area contributed by atoms with Crippen molar-refractivity contribution in [1.82, 2.24) is 15.8 Å². The summed E-state index contributed by atoms with van der Waals surface area (Å²) in [4.78, 5) is 49.7. The molecule has 0 unspecified atom stereocenters. The third-order valence-corrected chi connectivity index (χ3v) is 7.24. The number of hydrogen-bond acceptors (Lipinski definition) is 6. The highest BCUT2D eigenvalue weighted by atomic mass is 35.5. The predicted molar refractivity (Wildman–Crippen MR) is 111 cm³/mol. The number of hydrazine groups is 1. The van der Waals surface area contributed by atoms with E-state index in [2.05, 4.69) is 17.7 Å². The molecule has 1 aromatic heterocycles. The first-order valence-electron chi connectivity index (χ1n) is 9.61. The van der Waals surface area contributed by atoms with Crippen LogP contribution in [0, 0.1) is 5.92 Å². The number of rotatable bonds is 4. The maximum absolute atomic E-state index is 12.7. The van der Waals surface area contributed by atoms with E-state index in [1.54, 1.807) is 12.1 Å². The van der Waals surface area contributed by atoms with Crippen molar-refractivity contribution in [3.8, 4) is 0 Å². The number of ether oxygens (including phenoxy) is 1. The average Bonchev–Trinajstić information content (AvgIpc) is 3.18. The molecule has 2 heterocycles. The molecule has 158 valence electrons. The second-order valence-corrected chi connectivity index (χ2v) is 9.12. The number of carbonyl (C=O) groups is 4. The van der Waals surface area contributed by atoms with Gasteiger partial charge < -0.3 is 10.1 Å². The predicted octanol–water partition coefficient (Wildman–Crippen LogP) is 3.24. The molecule has 2 N–H and O–H groups in total. The lowest BCUT2D eigenvalue weighted by molar-refractivity contribution is -0.141. The fourth-order valence-electron chi connectivity index (χ4n) is 3.81. The van der Waals surface area contributed by atoms with Gasteiger partial charge >= 0.3 is 12.0 Å². The Labute approximate surface area is 181 Å². The summed E-state index contributed by atoms with van der Waals surface area (Å²) in [6.07, 6.45) is 2.71. The van der Waals surface area contributed by atoms with Crippen molar-refractivity contribution < 1.29 is 23.9 Å². The number of nitrogens with one attached hydrogen (secondary N) is 2.